The summed E-state index contributed by atoms with van der Waals surface area (Å²) in [5.41, 5.74) is 9.16. The van der Waals surface area contributed by atoms with Gasteiger partial charge in [0.05, 0.1) is 5.69 Å². The molecule has 1 heterocycles. The van der Waals surface area contributed by atoms with Gasteiger partial charge in [0.1, 0.15) is 0 Å². The summed E-state index contributed by atoms with van der Waals surface area (Å²) >= 11 is 0. The lowest BCUT2D eigenvalue weighted by atomic mass is 10.00. The van der Waals surface area contributed by atoms with Crippen molar-refractivity contribution in [2.24, 2.45) is 12.8 Å². The number of hydrogen-bond acceptors (Lipinski definition) is 2. The van der Waals surface area contributed by atoms with Gasteiger partial charge < -0.3 is 5.73 Å². The standard InChI is InChI=1S/C12H15N3/c1-9(13)10-5-3-4-6-11(10)12-7-8-15(2)14-12/h3-9H,13H2,1-2H3. The monoisotopic (exact) mass is 201 g/mol. The fourth-order valence-corrected chi connectivity index (χ4v) is 1.69. The Morgan fingerprint density at radius 2 is 2.00 bits per heavy atom. The average Bonchev–Trinajstić information content (AvgIpc) is 2.65. The van der Waals surface area contributed by atoms with Gasteiger partial charge in [0, 0.05) is 24.8 Å². The van der Waals surface area contributed by atoms with Crippen molar-refractivity contribution < 1.29 is 0 Å². The van der Waals surface area contributed by atoms with Gasteiger partial charge in [-0.1, -0.05) is 24.3 Å². The van der Waals surface area contributed by atoms with Crippen LogP contribution in [0, 0.1) is 0 Å². The van der Waals surface area contributed by atoms with Crippen LogP contribution in [0.15, 0.2) is 36.5 Å². The molecule has 0 bridgehead atoms. The zero-order chi connectivity index (χ0) is 10.8. The molecule has 0 aliphatic rings. The number of nitrogens with zero attached hydrogens (tertiary/aromatic N) is 2. The summed E-state index contributed by atoms with van der Waals surface area (Å²) in [5, 5.41) is 4.39. The highest BCUT2D eigenvalue weighted by atomic mass is 15.2. The summed E-state index contributed by atoms with van der Waals surface area (Å²) in [6, 6.07) is 10.2. The second-order valence-electron chi connectivity index (χ2n) is 3.75. The van der Waals surface area contributed by atoms with E-state index in [2.05, 4.69) is 17.2 Å². The van der Waals surface area contributed by atoms with Crippen LogP contribution in [0.4, 0.5) is 0 Å². The number of aromatic nitrogens is 2. The first-order valence-corrected chi connectivity index (χ1v) is 5.03. The van der Waals surface area contributed by atoms with Crippen molar-refractivity contribution >= 4 is 0 Å². The van der Waals surface area contributed by atoms with Crippen molar-refractivity contribution in [3.8, 4) is 11.3 Å². The molecule has 0 saturated heterocycles. The molecule has 2 N–H and O–H groups in total. The number of benzene rings is 1. The maximum atomic E-state index is 5.92. The minimum absolute atomic E-state index is 0.0307. The molecule has 0 spiro atoms. The lowest BCUT2D eigenvalue weighted by molar-refractivity contribution is 0.768. The van der Waals surface area contributed by atoms with Crippen LogP contribution in [0.2, 0.25) is 0 Å². The highest BCUT2D eigenvalue weighted by Gasteiger charge is 2.09. The molecule has 0 fully saturated rings. The van der Waals surface area contributed by atoms with Gasteiger partial charge in [0.15, 0.2) is 0 Å². The van der Waals surface area contributed by atoms with Crippen LogP contribution in [-0.2, 0) is 7.05 Å². The molecule has 0 amide bonds. The summed E-state index contributed by atoms with van der Waals surface area (Å²) in [7, 11) is 1.91. The van der Waals surface area contributed by atoms with Crippen LogP contribution < -0.4 is 5.73 Å². The molecular weight excluding hydrogens is 186 g/mol. The third kappa shape index (κ3) is 1.92. The Hall–Kier alpha value is -1.61. The van der Waals surface area contributed by atoms with Gasteiger partial charge in [-0.2, -0.15) is 5.10 Å². The SMILES string of the molecule is CC(N)c1ccccc1-c1ccn(C)n1. The van der Waals surface area contributed by atoms with Crippen LogP contribution in [-0.4, -0.2) is 9.78 Å². The van der Waals surface area contributed by atoms with Crippen LogP contribution in [0.25, 0.3) is 11.3 Å². The average molecular weight is 201 g/mol. The van der Waals surface area contributed by atoms with Crippen molar-refractivity contribution in [1.82, 2.24) is 9.78 Å². The lowest BCUT2D eigenvalue weighted by Crippen LogP contribution is -2.06. The van der Waals surface area contributed by atoms with Gasteiger partial charge in [-0.3, -0.25) is 4.68 Å². The van der Waals surface area contributed by atoms with Crippen LogP contribution in [0.5, 0.6) is 0 Å². The van der Waals surface area contributed by atoms with E-state index in [1.807, 2.05) is 38.4 Å². The normalized spacial score (nSPS) is 12.7. The lowest BCUT2D eigenvalue weighted by Gasteiger charge is -2.10. The Morgan fingerprint density at radius 1 is 1.27 bits per heavy atom. The maximum Gasteiger partial charge on any atom is 0.0926 e. The zero-order valence-electron chi connectivity index (χ0n) is 9.01. The second kappa shape index (κ2) is 3.87. The summed E-state index contributed by atoms with van der Waals surface area (Å²) in [4.78, 5) is 0. The van der Waals surface area contributed by atoms with Gasteiger partial charge in [0.2, 0.25) is 0 Å². The van der Waals surface area contributed by atoms with Crippen molar-refractivity contribution in [2.45, 2.75) is 13.0 Å². The number of nitrogens with two attached hydrogens (primary N) is 1. The zero-order valence-corrected chi connectivity index (χ0v) is 9.01. The van der Waals surface area contributed by atoms with E-state index in [9.17, 15) is 0 Å². The first kappa shape index (κ1) is 9.93. The first-order chi connectivity index (χ1) is 7.18. The number of aryl methyl sites for hydroxylation is 1. The van der Waals surface area contributed by atoms with E-state index in [1.54, 1.807) is 4.68 Å². The van der Waals surface area contributed by atoms with Crippen molar-refractivity contribution in [3.63, 3.8) is 0 Å². The van der Waals surface area contributed by atoms with E-state index in [4.69, 9.17) is 5.73 Å². The Morgan fingerprint density at radius 3 is 2.60 bits per heavy atom. The molecule has 1 atom stereocenters. The molecule has 3 heteroatoms. The molecule has 1 aromatic heterocycles. The van der Waals surface area contributed by atoms with Gasteiger partial charge in [-0.15, -0.1) is 0 Å². The summed E-state index contributed by atoms with van der Waals surface area (Å²) < 4.78 is 1.80. The Labute approximate surface area is 89.5 Å². The third-order valence-electron chi connectivity index (χ3n) is 2.44. The minimum Gasteiger partial charge on any atom is -0.324 e. The van der Waals surface area contributed by atoms with E-state index in [0.717, 1.165) is 16.8 Å². The van der Waals surface area contributed by atoms with Crippen molar-refractivity contribution in [1.29, 1.82) is 0 Å². The van der Waals surface area contributed by atoms with E-state index in [0.29, 0.717) is 0 Å². The predicted molar refractivity (Wildman–Crippen MR) is 61.2 cm³/mol. The molecule has 0 radical (unpaired) electrons. The Balaban J connectivity index is 2.52. The summed E-state index contributed by atoms with van der Waals surface area (Å²) in [6.45, 7) is 1.99. The first-order valence-electron chi connectivity index (χ1n) is 5.03. The maximum absolute atomic E-state index is 5.92. The predicted octanol–water partition coefficient (Wildman–Crippen LogP) is 2.11. The molecule has 3 nitrogen and oxygen atoms in total. The molecule has 15 heavy (non-hydrogen) atoms. The molecule has 2 rings (SSSR count). The molecule has 0 aliphatic carbocycles. The van der Waals surface area contributed by atoms with Gasteiger partial charge in [-0.25, -0.2) is 0 Å². The van der Waals surface area contributed by atoms with E-state index >= 15 is 0 Å². The molecule has 78 valence electrons. The largest absolute Gasteiger partial charge is 0.324 e. The fraction of sp³-hybridized carbons (Fsp3) is 0.250. The molecule has 1 aromatic carbocycles. The third-order valence-corrected chi connectivity index (χ3v) is 2.44. The highest BCUT2D eigenvalue weighted by molar-refractivity contribution is 5.63. The molecule has 0 saturated carbocycles. The van der Waals surface area contributed by atoms with Crippen LogP contribution >= 0.6 is 0 Å². The van der Waals surface area contributed by atoms with Crippen molar-refractivity contribution in [2.75, 3.05) is 0 Å². The fourth-order valence-electron chi connectivity index (χ4n) is 1.69. The quantitative estimate of drug-likeness (QED) is 0.808. The van der Waals surface area contributed by atoms with Crippen LogP contribution in [0.1, 0.15) is 18.5 Å². The van der Waals surface area contributed by atoms with Gasteiger partial charge in [0.25, 0.3) is 0 Å². The minimum atomic E-state index is 0.0307. The van der Waals surface area contributed by atoms with E-state index < -0.39 is 0 Å². The molecular formula is C12H15N3. The molecule has 0 aliphatic heterocycles. The van der Waals surface area contributed by atoms with Crippen molar-refractivity contribution in [3.05, 3.63) is 42.1 Å². The van der Waals surface area contributed by atoms with Gasteiger partial charge in [-0.05, 0) is 18.6 Å². The Bertz CT molecular complexity index is 457. The van der Waals surface area contributed by atoms with E-state index in [-0.39, 0.29) is 6.04 Å². The number of hydrogen-bond donors (Lipinski definition) is 1. The highest BCUT2D eigenvalue weighted by Crippen LogP contribution is 2.25. The smallest absolute Gasteiger partial charge is 0.0926 e. The summed E-state index contributed by atoms with van der Waals surface area (Å²) in [6.07, 6.45) is 1.94. The van der Waals surface area contributed by atoms with E-state index in [1.165, 1.54) is 0 Å². The Kier molecular flexibility index (Phi) is 2.56. The second-order valence-corrected chi connectivity index (χ2v) is 3.75. The molecule has 2 aromatic rings. The topological polar surface area (TPSA) is 43.8 Å². The van der Waals surface area contributed by atoms with Gasteiger partial charge >= 0.3 is 0 Å². The summed E-state index contributed by atoms with van der Waals surface area (Å²) in [5.74, 6) is 0. The molecule has 1 unspecified atom stereocenters. The van der Waals surface area contributed by atoms with Crippen LogP contribution in [0.3, 0.4) is 0 Å². The number of rotatable bonds is 2.